The van der Waals surface area contributed by atoms with Crippen molar-refractivity contribution in [3.8, 4) is 0 Å². The summed E-state index contributed by atoms with van der Waals surface area (Å²) in [6.45, 7) is 5.29. The second-order valence-corrected chi connectivity index (χ2v) is 6.09. The van der Waals surface area contributed by atoms with E-state index in [-0.39, 0.29) is 12.1 Å². The molecule has 0 amide bonds. The Labute approximate surface area is 136 Å². The molecule has 0 N–H and O–H groups in total. The third-order valence-corrected chi connectivity index (χ3v) is 3.68. The average Bonchev–Trinajstić information content (AvgIpc) is 2.45. The molecule has 1 atom stereocenters. The molecule has 128 valence electrons. The summed E-state index contributed by atoms with van der Waals surface area (Å²) in [5.74, 6) is 0.119. The first-order valence-electron chi connectivity index (χ1n) is 8.88. The summed E-state index contributed by atoms with van der Waals surface area (Å²) in [6.07, 6.45) is 16.1. The van der Waals surface area contributed by atoms with Crippen molar-refractivity contribution in [3.63, 3.8) is 0 Å². The molecule has 1 unspecified atom stereocenters. The molecule has 3 nitrogen and oxygen atoms in total. The van der Waals surface area contributed by atoms with Crippen molar-refractivity contribution in [2.24, 2.45) is 0 Å². The van der Waals surface area contributed by atoms with Gasteiger partial charge in [0, 0.05) is 19.8 Å². The molecule has 0 aromatic rings. The molecule has 0 radical (unpaired) electrons. The zero-order valence-electron chi connectivity index (χ0n) is 14.7. The van der Waals surface area contributed by atoms with Gasteiger partial charge in [-0.2, -0.15) is 0 Å². The average molecular weight is 310 g/mol. The van der Waals surface area contributed by atoms with Crippen molar-refractivity contribution in [1.29, 1.82) is 0 Å². The Morgan fingerprint density at radius 3 is 2.27 bits per heavy atom. The van der Waals surface area contributed by atoms with Crippen LogP contribution in [0.5, 0.6) is 0 Å². The van der Waals surface area contributed by atoms with E-state index in [9.17, 15) is 9.59 Å². The summed E-state index contributed by atoms with van der Waals surface area (Å²) in [4.78, 5) is 21.9. The lowest BCUT2D eigenvalue weighted by Crippen LogP contribution is -2.15. The van der Waals surface area contributed by atoms with Crippen LogP contribution in [0.4, 0.5) is 0 Å². The quantitative estimate of drug-likeness (QED) is 0.246. The molecule has 0 bridgehead atoms. The summed E-state index contributed by atoms with van der Waals surface area (Å²) in [7, 11) is 0. The van der Waals surface area contributed by atoms with Gasteiger partial charge in [-0.15, -0.1) is 0 Å². The number of unbranched alkanes of at least 4 members (excludes halogenated alkanes) is 6. The van der Waals surface area contributed by atoms with Gasteiger partial charge in [0.05, 0.1) is 0 Å². The van der Waals surface area contributed by atoms with Crippen LogP contribution < -0.4 is 0 Å². The predicted molar refractivity (Wildman–Crippen MR) is 91.8 cm³/mol. The van der Waals surface area contributed by atoms with Crippen LogP contribution in [0.3, 0.4) is 0 Å². The van der Waals surface area contributed by atoms with E-state index in [1.807, 2.05) is 0 Å². The molecule has 0 rings (SSSR count). The minimum atomic E-state index is -0.180. The molecule has 0 saturated carbocycles. The van der Waals surface area contributed by atoms with Crippen LogP contribution in [0, 0.1) is 0 Å². The molecular formula is C19H34O3. The highest BCUT2D eigenvalue weighted by Crippen LogP contribution is 2.12. The Kier molecular flexibility index (Phi) is 14.0. The van der Waals surface area contributed by atoms with Gasteiger partial charge in [-0.05, 0) is 32.6 Å². The van der Waals surface area contributed by atoms with Gasteiger partial charge in [0.25, 0.3) is 0 Å². The second-order valence-electron chi connectivity index (χ2n) is 6.09. The fourth-order valence-electron chi connectivity index (χ4n) is 2.42. The number of carbonyl (C=O) groups excluding carboxylic acids is 2. The molecule has 0 fully saturated rings. The summed E-state index contributed by atoms with van der Waals surface area (Å²) in [5, 5.41) is 0. The summed E-state index contributed by atoms with van der Waals surface area (Å²) >= 11 is 0. The Hall–Kier alpha value is -1.12. The molecular weight excluding hydrogens is 276 g/mol. The maximum atomic E-state index is 11.1. The van der Waals surface area contributed by atoms with Crippen molar-refractivity contribution in [2.75, 3.05) is 0 Å². The van der Waals surface area contributed by atoms with Gasteiger partial charge in [-0.1, -0.05) is 51.2 Å². The number of ketones is 1. The second kappa shape index (κ2) is 14.8. The summed E-state index contributed by atoms with van der Waals surface area (Å²) in [5.41, 5.74) is 0. The van der Waals surface area contributed by atoms with E-state index in [1.165, 1.54) is 26.2 Å². The first-order chi connectivity index (χ1) is 10.6. The highest BCUT2D eigenvalue weighted by Gasteiger charge is 2.09. The van der Waals surface area contributed by atoms with Gasteiger partial charge in [-0.25, -0.2) is 0 Å². The molecule has 22 heavy (non-hydrogen) atoms. The van der Waals surface area contributed by atoms with E-state index in [2.05, 4.69) is 19.1 Å². The maximum Gasteiger partial charge on any atom is 0.302 e. The van der Waals surface area contributed by atoms with Gasteiger partial charge in [-0.3, -0.25) is 4.79 Å². The number of rotatable bonds is 14. The number of allylic oxidation sites excluding steroid dienone is 1. The van der Waals surface area contributed by atoms with Crippen LogP contribution in [0.2, 0.25) is 0 Å². The molecule has 0 saturated heterocycles. The molecule has 0 aliphatic carbocycles. The van der Waals surface area contributed by atoms with Crippen LogP contribution in [0.25, 0.3) is 0 Å². The zero-order valence-corrected chi connectivity index (χ0v) is 14.7. The van der Waals surface area contributed by atoms with Gasteiger partial charge in [0.15, 0.2) is 0 Å². The van der Waals surface area contributed by atoms with Gasteiger partial charge in [0.2, 0.25) is 0 Å². The molecule has 0 aromatic carbocycles. The lowest BCUT2D eigenvalue weighted by atomic mass is 10.1. The Bertz CT molecular complexity index is 321. The van der Waals surface area contributed by atoms with E-state index in [0.29, 0.717) is 5.78 Å². The van der Waals surface area contributed by atoms with Gasteiger partial charge >= 0.3 is 5.97 Å². The lowest BCUT2D eigenvalue weighted by molar-refractivity contribution is -0.146. The molecule has 0 aromatic heterocycles. The van der Waals surface area contributed by atoms with Crippen LogP contribution in [0.1, 0.15) is 91.4 Å². The summed E-state index contributed by atoms with van der Waals surface area (Å²) < 4.78 is 5.33. The number of esters is 1. The van der Waals surface area contributed by atoms with Crippen molar-refractivity contribution < 1.29 is 14.3 Å². The fraction of sp³-hybridized carbons (Fsp3) is 0.789. The third-order valence-electron chi connectivity index (χ3n) is 3.68. The van der Waals surface area contributed by atoms with Crippen molar-refractivity contribution in [3.05, 3.63) is 12.2 Å². The van der Waals surface area contributed by atoms with E-state index in [4.69, 9.17) is 4.74 Å². The Morgan fingerprint density at radius 1 is 0.955 bits per heavy atom. The van der Waals surface area contributed by atoms with Crippen LogP contribution in [-0.4, -0.2) is 17.9 Å². The van der Waals surface area contributed by atoms with E-state index in [1.54, 1.807) is 6.92 Å². The smallest absolute Gasteiger partial charge is 0.302 e. The highest BCUT2D eigenvalue weighted by molar-refractivity contribution is 5.75. The zero-order chi connectivity index (χ0) is 16.6. The molecule has 0 spiro atoms. The third kappa shape index (κ3) is 15.3. The molecule has 0 aliphatic heterocycles. The maximum absolute atomic E-state index is 11.1. The molecule has 3 heteroatoms. The van der Waals surface area contributed by atoms with Crippen LogP contribution >= 0.6 is 0 Å². The molecule has 0 heterocycles. The van der Waals surface area contributed by atoms with Crippen molar-refractivity contribution >= 4 is 11.8 Å². The largest absolute Gasteiger partial charge is 0.462 e. The predicted octanol–water partition coefficient (Wildman–Crippen LogP) is 5.37. The number of Topliss-reactive ketones (excluding diaryl/α,β-unsaturated/α-hetero) is 1. The van der Waals surface area contributed by atoms with Crippen LogP contribution in [0.15, 0.2) is 12.2 Å². The molecule has 0 aliphatic rings. The van der Waals surface area contributed by atoms with Crippen molar-refractivity contribution in [2.45, 2.75) is 97.5 Å². The van der Waals surface area contributed by atoms with Gasteiger partial charge < -0.3 is 9.53 Å². The topological polar surface area (TPSA) is 43.4 Å². The number of hydrogen-bond donors (Lipinski definition) is 0. The minimum absolute atomic E-state index is 0.0419. The fourth-order valence-corrected chi connectivity index (χ4v) is 2.42. The minimum Gasteiger partial charge on any atom is -0.462 e. The first kappa shape index (κ1) is 20.9. The van der Waals surface area contributed by atoms with E-state index >= 15 is 0 Å². The van der Waals surface area contributed by atoms with E-state index < -0.39 is 0 Å². The normalized spacial score (nSPS) is 12.5. The number of carbonyl (C=O) groups is 2. The standard InChI is InChI=1S/C19H34O3/c1-4-5-15-19(22-18(3)21)16-13-11-9-7-6-8-10-12-14-17(2)20/h11,13,19H,4-10,12,14-16H2,1-3H3/b13-11+. The SMILES string of the molecule is CCCCC(C/C=C/CCCCCCCC(C)=O)OC(C)=O. The number of hydrogen-bond acceptors (Lipinski definition) is 3. The lowest BCUT2D eigenvalue weighted by Gasteiger charge is -2.14. The summed E-state index contributed by atoms with van der Waals surface area (Å²) in [6, 6.07) is 0. The van der Waals surface area contributed by atoms with E-state index in [0.717, 1.165) is 51.4 Å². The van der Waals surface area contributed by atoms with Crippen LogP contribution in [-0.2, 0) is 14.3 Å². The highest BCUT2D eigenvalue weighted by atomic mass is 16.5. The first-order valence-corrected chi connectivity index (χ1v) is 8.88. The Morgan fingerprint density at radius 2 is 1.64 bits per heavy atom. The monoisotopic (exact) mass is 310 g/mol. The van der Waals surface area contributed by atoms with Gasteiger partial charge in [0.1, 0.15) is 11.9 Å². The van der Waals surface area contributed by atoms with Crippen molar-refractivity contribution in [1.82, 2.24) is 0 Å². The Balaban J connectivity index is 3.60. The number of ether oxygens (including phenoxy) is 1.